The summed E-state index contributed by atoms with van der Waals surface area (Å²) in [5, 5.41) is 59.3. The maximum Gasteiger partial charge on any atom is 0.118 e. The SMILES string of the molecule is CCCc1nc2c(c3nc(CCC)n(-c4ccc(C#N)c(C#N)c4)c3c3nc(CCC)n(-c4ccc(C#N)c(C#N)c4)c23)n1-c1ccc(C#N)c(C#N)c1. The highest BCUT2D eigenvalue weighted by molar-refractivity contribution is 6.20. The monoisotopic (exact) mass is 702 g/mol. The number of imidazole rings is 3. The third kappa shape index (κ3) is 5.36. The number of fused-ring (bicyclic) bond motifs is 6. The third-order valence-corrected chi connectivity index (χ3v) is 9.44. The van der Waals surface area contributed by atoms with Crippen molar-refractivity contribution in [3.8, 4) is 53.5 Å². The molecule has 7 rings (SSSR count). The quantitative estimate of drug-likeness (QED) is 0.144. The highest BCUT2D eigenvalue weighted by atomic mass is 15.2. The van der Waals surface area contributed by atoms with E-state index in [0.717, 1.165) is 19.3 Å². The van der Waals surface area contributed by atoms with Gasteiger partial charge in [-0.15, -0.1) is 0 Å². The Morgan fingerprint density at radius 2 is 0.667 bits per heavy atom. The second kappa shape index (κ2) is 14.1. The fourth-order valence-electron chi connectivity index (χ4n) is 7.14. The van der Waals surface area contributed by atoms with Gasteiger partial charge in [0.15, 0.2) is 0 Å². The van der Waals surface area contributed by atoms with Crippen LogP contribution < -0.4 is 0 Å². The average Bonchev–Trinajstić information content (AvgIpc) is 3.89. The smallest absolute Gasteiger partial charge is 0.118 e. The molecule has 0 saturated carbocycles. The number of nitrogens with zero attached hydrogens (tertiary/aromatic N) is 12. The summed E-state index contributed by atoms with van der Waals surface area (Å²) in [5.41, 5.74) is 7.18. The van der Waals surface area contributed by atoms with Gasteiger partial charge < -0.3 is 0 Å². The lowest BCUT2D eigenvalue weighted by molar-refractivity contribution is 0.815. The molecule has 12 heteroatoms. The Kier molecular flexibility index (Phi) is 9.05. The molecule has 3 heterocycles. The van der Waals surface area contributed by atoms with Crippen LogP contribution in [-0.4, -0.2) is 28.7 Å². The largest absolute Gasteiger partial charge is 0.294 e. The van der Waals surface area contributed by atoms with E-state index in [4.69, 9.17) is 15.0 Å². The molecule has 258 valence electrons. The Morgan fingerprint density at radius 1 is 0.407 bits per heavy atom. The zero-order chi connectivity index (χ0) is 38.1. The lowest BCUT2D eigenvalue weighted by atomic mass is 10.1. The number of nitriles is 6. The van der Waals surface area contributed by atoms with Gasteiger partial charge in [0.05, 0.1) is 33.4 Å². The normalized spacial score (nSPS) is 10.8. The molecule has 0 amide bonds. The first-order chi connectivity index (χ1) is 26.4. The van der Waals surface area contributed by atoms with Crippen molar-refractivity contribution in [2.45, 2.75) is 59.3 Å². The van der Waals surface area contributed by atoms with Crippen molar-refractivity contribution in [2.75, 3.05) is 0 Å². The van der Waals surface area contributed by atoms with E-state index < -0.39 is 0 Å². The van der Waals surface area contributed by atoms with Crippen molar-refractivity contribution in [1.29, 1.82) is 31.6 Å². The predicted molar refractivity (Wildman–Crippen MR) is 201 cm³/mol. The Morgan fingerprint density at radius 3 is 0.889 bits per heavy atom. The lowest BCUT2D eigenvalue weighted by Gasteiger charge is -2.13. The molecule has 0 spiro atoms. The minimum absolute atomic E-state index is 0.229. The van der Waals surface area contributed by atoms with Gasteiger partial charge in [0.1, 0.15) is 87.0 Å². The summed E-state index contributed by atoms with van der Waals surface area (Å²) in [5.74, 6) is 2.15. The van der Waals surface area contributed by atoms with Crippen LogP contribution in [0.3, 0.4) is 0 Å². The van der Waals surface area contributed by atoms with Crippen molar-refractivity contribution >= 4 is 33.1 Å². The molecule has 7 aromatic rings. The predicted octanol–water partition coefficient (Wildman–Crippen LogP) is 7.79. The van der Waals surface area contributed by atoms with Crippen LogP contribution in [0.25, 0.3) is 50.2 Å². The van der Waals surface area contributed by atoms with E-state index in [1.165, 1.54) is 0 Å². The van der Waals surface area contributed by atoms with E-state index in [-0.39, 0.29) is 33.4 Å². The highest BCUT2D eigenvalue weighted by Gasteiger charge is 2.29. The molecule has 0 aliphatic heterocycles. The van der Waals surface area contributed by atoms with Crippen LogP contribution in [0.2, 0.25) is 0 Å². The van der Waals surface area contributed by atoms with E-state index >= 15 is 0 Å². The molecular weight excluding hydrogens is 673 g/mol. The topological polar surface area (TPSA) is 196 Å². The van der Waals surface area contributed by atoms with Crippen LogP contribution in [0.1, 0.15) is 90.9 Å². The Labute approximate surface area is 310 Å². The molecule has 0 aliphatic rings. The maximum atomic E-state index is 10.0. The summed E-state index contributed by atoms with van der Waals surface area (Å²) >= 11 is 0. The molecule has 0 atom stereocenters. The summed E-state index contributed by atoms with van der Waals surface area (Å²) in [6.45, 7) is 6.18. The molecule has 0 saturated heterocycles. The highest BCUT2D eigenvalue weighted by Crippen LogP contribution is 2.41. The molecule has 12 nitrogen and oxygen atoms in total. The van der Waals surface area contributed by atoms with Crippen molar-refractivity contribution in [3.63, 3.8) is 0 Å². The Hall–Kier alpha value is -7.77. The van der Waals surface area contributed by atoms with Gasteiger partial charge in [0, 0.05) is 36.3 Å². The summed E-state index contributed by atoms with van der Waals surface area (Å²) in [6.07, 6.45) is 4.01. The first-order valence-corrected chi connectivity index (χ1v) is 17.6. The van der Waals surface area contributed by atoms with Gasteiger partial charge in [-0.3, -0.25) is 13.7 Å². The van der Waals surface area contributed by atoms with Crippen molar-refractivity contribution in [2.24, 2.45) is 0 Å². The van der Waals surface area contributed by atoms with Crippen molar-refractivity contribution in [3.05, 3.63) is 105 Å². The fraction of sp³-hybridized carbons (Fsp3) is 0.214. The second-order valence-corrected chi connectivity index (χ2v) is 12.8. The van der Waals surface area contributed by atoms with E-state index in [1.807, 2.05) is 13.7 Å². The van der Waals surface area contributed by atoms with Gasteiger partial charge in [0.2, 0.25) is 0 Å². The number of hydrogen-bond donors (Lipinski definition) is 0. The first-order valence-electron chi connectivity index (χ1n) is 17.6. The molecule has 0 bridgehead atoms. The molecule has 4 aromatic carbocycles. The number of hydrogen-bond acceptors (Lipinski definition) is 9. The van der Waals surface area contributed by atoms with Crippen LogP contribution in [0, 0.1) is 68.0 Å². The minimum atomic E-state index is 0.229. The fourth-order valence-corrected chi connectivity index (χ4v) is 7.14. The van der Waals surface area contributed by atoms with Gasteiger partial charge in [-0.25, -0.2) is 15.0 Å². The van der Waals surface area contributed by atoms with Gasteiger partial charge in [-0.1, -0.05) is 20.8 Å². The van der Waals surface area contributed by atoms with Crippen LogP contribution in [0.5, 0.6) is 0 Å². The van der Waals surface area contributed by atoms with Crippen molar-refractivity contribution in [1.82, 2.24) is 28.7 Å². The molecule has 0 aliphatic carbocycles. The Balaban J connectivity index is 1.77. The van der Waals surface area contributed by atoms with Gasteiger partial charge in [-0.2, -0.15) is 31.6 Å². The van der Waals surface area contributed by atoms with E-state index in [1.54, 1.807) is 54.6 Å². The van der Waals surface area contributed by atoms with Crippen LogP contribution in [0.4, 0.5) is 0 Å². The zero-order valence-corrected chi connectivity index (χ0v) is 29.8. The summed E-state index contributed by atoms with van der Waals surface area (Å²) < 4.78 is 6.02. The summed E-state index contributed by atoms with van der Waals surface area (Å²) in [7, 11) is 0. The summed E-state index contributed by atoms with van der Waals surface area (Å²) in [6, 6.07) is 28.2. The van der Waals surface area contributed by atoms with Crippen LogP contribution in [0.15, 0.2) is 54.6 Å². The van der Waals surface area contributed by atoms with Crippen molar-refractivity contribution < 1.29 is 0 Å². The molecule has 0 fully saturated rings. The van der Waals surface area contributed by atoms with Gasteiger partial charge in [-0.05, 0) is 73.9 Å². The van der Waals surface area contributed by atoms with Gasteiger partial charge in [0.25, 0.3) is 0 Å². The first kappa shape index (κ1) is 34.7. The standard InChI is InChI=1S/C42H30N12/c1-4-7-34-49-37-40(52(34)31-13-10-25(19-43)28(16-31)22-46)38-42(54(35(50-38)8-5-2)33-15-12-27(21-45)30(18-33)24-48)39-41(37)53(36(51-39)9-6-3)32-14-11-26(20-44)29(17-32)23-47/h10-18H,4-9H2,1-3H3. The molecular formula is C42H30N12. The third-order valence-electron chi connectivity index (χ3n) is 9.44. The number of rotatable bonds is 9. The second-order valence-electron chi connectivity index (χ2n) is 12.8. The molecule has 54 heavy (non-hydrogen) atoms. The van der Waals surface area contributed by atoms with E-state index in [0.29, 0.717) is 86.9 Å². The molecule has 0 unspecified atom stereocenters. The number of aromatic nitrogens is 6. The molecule has 3 aromatic heterocycles. The maximum absolute atomic E-state index is 10.0. The zero-order valence-electron chi connectivity index (χ0n) is 29.8. The van der Waals surface area contributed by atoms with Gasteiger partial charge >= 0.3 is 0 Å². The van der Waals surface area contributed by atoms with Crippen LogP contribution >= 0.6 is 0 Å². The number of benzene rings is 4. The lowest BCUT2D eigenvalue weighted by Crippen LogP contribution is -2.03. The Bertz CT molecular complexity index is 2600. The molecule has 0 radical (unpaired) electrons. The molecule has 0 N–H and O–H groups in total. The van der Waals surface area contributed by atoms with Crippen LogP contribution in [-0.2, 0) is 19.3 Å². The minimum Gasteiger partial charge on any atom is -0.294 e. The average molecular weight is 703 g/mol. The summed E-state index contributed by atoms with van der Waals surface area (Å²) in [4.78, 5) is 15.9. The number of aryl methyl sites for hydroxylation is 3. The van der Waals surface area contributed by atoms with E-state index in [2.05, 4.69) is 57.2 Å². The van der Waals surface area contributed by atoms with E-state index in [9.17, 15) is 31.6 Å².